The Bertz CT molecular complexity index is 2310. The average Bonchev–Trinajstić information content (AvgIpc) is 3.18. The van der Waals surface area contributed by atoms with Crippen LogP contribution in [0.25, 0.3) is 33.0 Å². The van der Waals surface area contributed by atoms with Gasteiger partial charge in [-0.1, -0.05) is 121 Å². The molecule has 1 heterocycles. The average molecular weight is 629 g/mol. The molecule has 1 aliphatic rings. The van der Waals surface area contributed by atoms with E-state index in [2.05, 4.69) is 204 Å². The van der Waals surface area contributed by atoms with Gasteiger partial charge in [-0.2, -0.15) is 0 Å². The molecule has 0 spiro atoms. The molecule has 0 bridgehead atoms. The number of para-hydroxylation sites is 4. The summed E-state index contributed by atoms with van der Waals surface area (Å²) in [6.45, 7) is 0. The van der Waals surface area contributed by atoms with Crippen LogP contribution in [0.1, 0.15) is 0 Å². The summed E-state index contributed by atoms with van der Waals surface area (Å²) < 4.78 is 6.99. The Morgan fingerprint density at radius 2 is 0.837 bits per heavy atom. The lowest BCUT2D eigenvalue weighted by Crippen LogP contribution is -2.12. The van der Waals surface area contributed by atoms with Crippen molar-refractivity contribution in [3.8, 4) is 33.8 Å². The van der Waals surface area contributed by atoms with Crippen molar-refractivity contribution in [2.45, 2.75) is 0 Å². The summed E-state index contributed by atoms with van der Waals surface area (Å²) in [5.74, 6) is 1.72. The summed E-state index contributed by atoms with van der Waals surface area (Å²) in [6, 6.07) is 68.2. The zero-order valence-corrected chi connectivity index (χ0v) is 26.8. The minimum absolute atomic E-state index is 0.852. The first-order chi connectivity index (χ1) is 24.3. The van der Waals surface area contributed by atoms with Crippen LogP contribution < -0.4 is 14.5 Å². The number of hydrogen-bond acceptors (Lipinski definition) is 3. The monoisotopic (exact) mass is 628 g/mol. The molecule has 49 heavy (non-hydrogen) atoms. The second kappa shape index (κ2) is 12.2. The third-order valence-corrected chi connectivity index (χ3v) is 9.22. The van der Waals surface area contributed by atoms with Crippen LogP contribution in [0.2, 0.25) is 0 Å². The van der Waals surface area contributed by atoms with Crippen molar-refractivity contribution >= 4 is 44.9 Å². The molecule has 0 saturated carbocycles. The maximum absolute atomic E-state index is 6.99. The number of nitrogens with zero attached hydrogens (tertiary/aromatic N) is 2. The van der Waals surface area contributed by atoms with Crippen LogP contribution >= 0.6 is 0 Å². The first kappa shape index (κ1) is 28.6. The van der Waals surface area contributed by atoms with Gasteiger partial charge < -0.3 is 14.5 Å². The summed E-state index contributed by atoms with van der Waals surface area (Å²) in [6.07, 6.45) is 0. The standard InChI is InChI=1S/C46H32N2O/c1-5-16-35(17-6-1)47(36-18-7-2-8-19-36)39-30-27-33(28-31-39)40-24-14-26-43-45(40)41-25-13-15-34-29-32-42(46(49-43)44(34)41)48(37-20-9-3-10-21-37)38-22-11-4-12-23-38/h1-32H. The van der Waals surface area contributed by atoms with Crippen LogP contribution in [0, 0.1) is 0 Å². The van der Waals surface area contributed by atoms with E-state index in [4.69, 9.17) is 4.74 Å². The van der Waals surface area contributed by atoms with E-state index in [1.807, 2.05) is 0 Å². The largest absolute Gasteiger partial charge is 0.454 e. The third kappa shape index (κ3) is 5.09. The topological polar surface area (TPSA) is 15.7 Å². The van der Waals surface area contributed by atoms with Crippen LogP contribution in [0.4, 0.5) is 34.1 Å². The van der Waals surface area contributed by atoms with Crippen LogP contribution in [0.5, 0.6) is 11.5 Å². The van der Waals surface area contributed by atoms with Gasteiger partial charge in [0, 0.05) is 39.4 Å². The molecule has 232 valence electrons. The number of fused-ring (bicyclic) bond motifs is 2. The van der Waals surface area contributed by atoms with Gasteiger partial charge in [0.15, 0.2) is 5.75 Å². The van der Waals surface area contributed by atoms with Crippen LogP contribution in [-0.4, -0.2) is 0 Å². The molecule has 0 fully saturated rings. The van der Waals surface area contributed by atoms with Gasteiger partial charge in [-0.15, -0.1) is 0 Å². The lowest BCUT2D eigenvalue weighted by Gasteiger charge is -2.31. The van der Waals surface area contributed by atoms with Crippen molar-refractivity contribution < 1.29 is 4.74 Å². The van der Waals surface area contributed by atoms with Gasteiger partial charge in [0.05, 0.1) is 5.69 Å². The first-order valence-electron chi connectivity index (χ1n) is 16.6. The second-order valence-electron chi connectivity index (χ2n) is 12.2. The maximum Gasteiger partial charge on any atom is 0.159 e. The highest BCUT2D eigenvalue weighted by atomic mass is 16.5. The highest BCUT2D eigenvalue weighted by Gasteiger charge is 2.28. The van der Waals surface area contributed by atoms with Crippen molar-refractivity contribution in [2.75, 3.05) is 9.80 Å². The van der Waals surface area contributed by atoms with Crippen LogP contribution in [0.3, 0.4) is 0 Å². The number of benzene rings is 8. The van der Waals surface area contributed by atoms with E-state index in [1.54, 1.807) is 0 Å². The van der Waals surface area contributed by atoms with E-state index in [9.17, 15) is 0 Å². The Hall–Kier alpha value is -6.58. The lowest BCUT2D eigenvalue weighted by molar-refractivity contribution is 0.488. The summed E-state index contributed by atoms with van der Waals surface area (Å²) in [5, 5.41) is 2.27. The predicted octanol–water partition coefficient (Wildman–Crippen LogP) is 13.2. The Labute approximate surface area is 286 Å². The highest BCUT2D eigenvalue weighted by molar-refractivity contribution is 6.10. The number of anilines is 6. The molecule has 3 nitrogen and oxygen atoms in total. The molecule has 0 saturated heterocycles. The summed E-state index contributed by atoms with van der Waals surface area (Å²) in [7, 11) is 0. The van der Waals surface area contributed by atoms with E-state index in [0.717, 1.165) is 73.1 Å². The fourth-order valence-corrected chi connectivity index (χ4v) is 7.04. The van der Waals surface area contributed by atoms with Crippen LogP contribution in [0.15, 0.2) is 194 Å². The number of hydrogen-bond donors (Lipinski definition) is 0. The molecule has 1 aliphatic heterocycles. The Morgan fingerprint density at radius 3 is 1.41 bits per heavy atom. The molecule has 8 aromatic carbocycles. The predicted molar refractivity (Wildman–Crippen MR) is 204 cm³/mol. The molecule has 9 rings (SSSR count). The van der Waals surface area contributed by atoms with Gasteiger partial charge in [0.25, 0.3) is 0 Å². The second-order valence-corrected chi connectivity index (χ2v) is 12.2. The Kier molecular flexibility index (Phi) is 7.14. The first-order valence-corrected chi connectivity index (χ1v) is 16.6. The fourth-order valence-electron chi connectivity index (χ4n) is 7.04. The third-order valence-electron chi connectivity index (χ3n) is 9.22. The molecular formula is C46H32N2O. The maximum atomic E-state index is 6.99. The van der Waals surface area contributed by atoms with E-state index in [0.29, 0.717) is 0 Å². The SMILES string of the molecule is c1ccc(N(c2ccccc2)c2ccc(-c3cccc4c3-c3cccc5ccc(N(c6ccccc6)c6ccccc6)c(c35)O4)cc2)cc1. The minimum Gasteiger partial charge on any atom is -0.454 e. The minimum atomic E-state index is 0.852. The molecule has 0 amide bonds. The Morgan fingerprint density at radius 1 is 0.347 bits per heavy atom. The molecule has 0 atom stereocenters. The van der Waals surface area contributed by atoms with Gasteiger partial charge >= 0.3 is 0 Å². The van der Waals surface area contributed by atoms with Crippen LogP contribution in [-0.2, 0) is 0 Å². The Balaban J connectivity index is 1.18. The quantitative estimate of drug-likeness (QED) is 0.175. The molecule has 0 aromatic heterocycles. The van der Waals surface area contributed by atoms with Gasteiger partial charge in [-0.3, -0.25) is 0 Å². The zero-order valence-electron chi connectivity index (χ0n) is 26.8. The van der Waals surface area contributed by atoms with Crippen molar-refractivity contribution in [1.29, 1.82) is 0 Å². The fraction of sp³-hybridized carbons (Fsp3) is 0. The molecular weight excluding hydrogens is 597 g/mol. The molecule has 0 N–H and O–H groups in total. The molecule has 0 radical (unpaired) electrons. The molecule has 8 aromatic rings. The van der Waals surface area contributed by atoms with Gasteiger partial charge in [-0.25, -0.2) is 0 Å². The van der Waals surface area contributed by atoms with Crippen molar-refractivity contribution in [3.63, 3.8) is 0 Å². The lowest BCUT2D eigenvalue weighted by atomic mass is 9.88. The number of rotatable bonds is 7. The zero-order chi connectivity index (χ0) is 32.6. The molecule has 0 unspecified atom stereocenters. The molecule has 0 aliphatic carbocycles. The van der Waals surface area contributed by atoms with E-state index >= 15 is 0 Å². The van der Waals surface area contributed by atoms with Crippen molar-refractivity contribution in [1.82, 2.24) is 0 Å². The van der Waals surface area contributed by atoms with Gasteiger partial charge in [0.1, 0.15) is 5.75 Å². The number of ether oxygens (including phenoxy) is 1. The normalized spacial score (nSPS) is 11.4. The summed E-state index contributed by atoms with van der Waals surface area (Å²) in [5.41, 5.74) is 11.0. The molecule has 3 heteroatoms. The summed E-state index contributed by atoms with van der Waals surface area (Å²) in [4.78, 5) is 4.57. The van der Waals surface area contributed by atoms with E-state index < -0.39 is 0 Å². The van der Waals surface area contributed by atoms with Crippen molar-refractivity contribution in [3.05, 3.63) is 194 Å². The van der Waals surface area contributed by atoms with Gasteiger partial charge in [0.2, 0.25) is 0 Å². The summed E-state index contributed by atoms with van der Waals surface area (Å²) >= 11 is 0. The van der Waals surface area contributed by atoms with E-state index in [1.165, 1.54) is 5.56 Å². The smallest absolute Gasteiger partial charge is 0.159 e. The highest BCUT2D eigenvalue weighted by Crippen LogP contribution is 2.55. The van der Waals surface area contributed by atoms with Gasteiger partial charge in [-0.05, 0) is 94.9 Å². The van der Waals surface area contributed by atoms with Crippen molar-refractivity contribution in [2.24, 2.45) is 0 Å². The van der Waals surface area contributed by atoms with E-state index in [-0.39, 0.29) is 0 Å².